The molecule has 3 aromatic heterocycles. The molecule has 0 fully saturated rings. The quantitative estimate of drug-likeness (QED) is 0.597. The predicted molar refractivity (Wildman–Crippen MR) is 84.0 cm³/mol. The summed E-state index contributed by atoms with van der Waals surface area (Å²) in [6.45, 7) is 1.91. The van der Waals surface area contributed by atoms with Crippen LogP contribution in [-0.4, -0.2) is 26.2 Å². The van der Waals surface area contributed by atoms with Gasteiger partial charge < -0.3 is 19.3 Å². The number of rotatable bonds is 4. The lowest BCUT2D eigenvalue weighted by Crippen LogP contribution is -2.22. The van der Waals surface area contributed by atoms with Gasteiger partial charge >= 0.3 is 0 Å². The Morgan fingerprint density at radius 3 is 2.96 bits per heavy atom. The Bertz CT molecular complexity index is 1010. The summed E-state index contributed by atoms with van der Waals surface area (Å²) in [4.78, 5) is 19.5. The Hall–Kier alpha value is -3.42. The smallest absolute Gasteiger partial charge is 0.251 e. The van der Waals surface area contributed by atoms with Crippen molar-refractivity contribution in [2.24, 2.45) is 0 Å². The second-order valence-corrected chi connectivity index (χ2v) is 5.30. The third-order valence-corrected chi connectivity index (χ3v) is 3.54. The molecule has 8 nitrogen and oxygen atoms in total. The number of H-pyrrole nitrogens is 1. The number of aromatic amines is 1. The van der Waals surface area contributed by atoms with Gasteiger partial charge in [0, 0.05) is 28.7 Å². The highest BCUT2D eigenvalue weighted by Gasteiger charge is 2.14. The summed E-state index contributed by atoms with van der Waals surface area (Å²) in [5.41, 5.74) is 2.04. The van der Waals surface area contributed by atoms with E-state index in [1.165, 1.54) is 0 Å². The number of carbonyl (C=O) groups is 1. The molecule has 0 spiro atoms. The van der Waals surface area contributed by atoms with Gasteiger partial charge in [0.2, 0.25) is 11.7 Å². The van der Waals surface area contributed by atoms with Crippen LogP contribution >= 0.6 is 0 Å². The van der Waals surface area contributed by atoms with Crippen molar-refractivity contribution in [2.75, 3.05) is 0 Å². The maximum absolute atomic E-state index is 12.2. The molecule has 1 amide bonds. The molecule has 3 heterocycles. The zero-order valence-corrected chi connectivity index (χ0v) is 12.7. The average molecular weight is 323 g/mol. The first-order valence-electron chi connectivity index (χ1n) is 7.31. The van der Waals surface area contributed by atoms with Crippen LogP contribution in [0.4, 0.5) is 0 Å². The summed E-state index contributed by atoms with van der Waals surface area (Å²) in [5.74, 6) is 1.06. The molecule has 0 unspecified atom stereocenters. The molecule has 4 aromatic rings. The second-order valence-electron chi connectivity index (χ2n) is 5.30. The zero-order chi connectivity index (χ0) is 16.5. The first kappa shape index (κ1) is 14.2. The van der Waals surface area contributed by atoms with Crippen LogP contribution in [0, 0.1) is 6.92 Å². The SMILES string of the molecule is Cc1cc(-c2noc(CNC(=O)c3ccc4[nH]ccc4c3)n2)no1. The molecule has 120 valence electrons. The molecule has 24 heavy (non-hydrogen) atoms. The van der Waals surface area contributed by atoms with E-state index in [1.807, 2.05) is 24.4 Å². The monoisotopic (exact) mass is 323 g/mol. The van der Waals surface area contributed by atoms with Gasteiger partial charge in [-0.3, -0.25) is 4.79 Å². The summed E-state index contributed by atoms with van der Waals surface area (Å²) < 4.78 is 10.1. The summed E-state index contributed by atoms with van der Waals surface area (Å²) >= 11 is 0. The van der Waals surface area contributed by atoms with Gasteiger partial charge in [0.15, 0.2) is 5.69 Å². The first-order valence-corrected chi connectivity index (χ1v) is 7.31. The van der Waals surface area contributed by atoms with Gasteiger partial charge in [-0.25, -0.2) is 0 Å². The molecule has 0 radical (unpaired) electrons. The van der Waals surface area contributed by atoms with Gasteiger partial charge in [0.1, 0.15) is 5.76 Å². The van der Waals surface area contributed by atoms with Gasteiger partial charge in [-0.2, -0.15) is 4.98 Å². The number of nitrogens with one attached hydrogen (secondary N) is 2. The molecular weight excluding hydrogens is 310 g/mol. The van der Waals surface area contributed by atoms with Crippen molar-refractivity contribution in [3.63, 3.8) is 0 Å². The van der Waals surface area contributed by atoms with Crippen LogP contribution in [0.25, 0.3) is 22.4 Å². The molecular formula is C16H13N5O3. The van der Waals surface area contributed by atoms with Crippen molar-refractivity contribution < 1.29 is 13.8 Å². The minimum atomic E-state index is -0.213. The maximum Gasteiger partial charge on any atom is 0.251 e. The van der Waals surface area contributed by atoms with E-state index >= 15 is 0 Å². The number of nitrogens with zero attached hydrogens (tertiary/aromatic N) is 3. The second kappa shape index (κ2) is 5.65. The normalized spacial score (nSPS) is 11.0. The molecule has 1 aromatic carbocycles. The van der Waals surface area contributed by atoms with Crippen molar-refractivity contribution in [3.8, 4) is 11.5 Å². The van der Waals surface area contributed by atoms with E-state index in [4.69, 9.17) is 9.05 Å². The van der Waals surface area contributed by atoms with Crippen LogP contribution in [-0.2, 0) is 6.54 Å². The molecule has 0 aliphatic rings. The van der Waals surface area contributed by atoms with E-state index in [9.17, 15) is 4.79 Å². The van der Waals surface area contributed by atoms with Gasteiger partial charge in [-0.1, -0.05) is 10.3 Å². The minimum absolute atomic E-state index is 0.133. The topological polar surface area (TPSA) is 110 Å². The Morgan fingerprint density at radius 2 is 2.12 bits per heavy atom. The third kappa shape index (κ3) is 2.65. The van der Waals surface area contributed by atoms with E-state index in [0.29, 0.717) is 28.7 Å². The standard InChI is InChI=1S/C16H13N5O3/c1-9-6-13(20-23-9)15-19-14(24-21-15)8-18-16(22)11-2-3-12-10(7-11)4-5-17-12/h2-7,17H,8H2,1H3,(H,18,22). The average Bonchev–Trinajstić information content (AvgIpc) is 3.31. The molecule has 0 atom stereocenters. The summed E-state index contributed by atoms with van der Waals surface area (Å²) in [6.07, 6.45) is 1.83. The van der Waals surface area contributed by atoms with Crippen molar-refractivity contribution in [1.29, 1.82) is 0 Å². The Balaban J connectivity index is 1.44. The van der Waals surface area contributed by atoms with Crippen molar-refractivity contribution in [1.82, 2.24) is 25.6 Å². The maximum atomic E-state index is 12.2. The van der Waals surface area contributed by atoms with E-state index in [1.54, 1.807) is 19.1 Å². The van der Waals surface area contributed by atoms with Crippen LogP contribution < -0.4 is 5.32 Å². The highest BCUT2D eigenvalue weighted by atomic mass is 16.5. The zero-order valence-electron chi connectivity index (χ0n) is 12.7. The predicted octanol–water partition coefficient (Wildman–Crippen LogP) is 2.44. The number of benzene rings is 1. The van der Waals surface area contributed by atoms with Crippen molar-refractivity contribution >= 4 is 16.8 Å². The molecule has 8 heteroatoms. The number of hydrogen-bond donors (Lipinski definition) is 2. The van der Waals surface area contributed by atoms with Crippen LogP contribution in [0.2, 0.25) is 0 Å². The fourth-order valence-electron chi connectivity index (χ4n) is 2.35. The number of carbonyl (C=O) groups excluding carboxylic acids is 1. The van der Waals surface area contributed by atoms with E-state index in [-0.39, 0.29) is 12.5 Å². The van der Waals surface area contributed by atoms with E-state index in [0.717, 1.165) is 10.9 Å². The lowest BCUT2D eigenvalue weighted by molar-refractivity contribution is 0.0946. The van der Waals surface area contributed by atoms with Gasteiger partial charge in [-0.05, 0) is 31.2 Å². The molecule has 2 N–H and O–H groups in total. The fraction of sp³-hybridized carbons (Fsp3) is 0.125. The van der Waals surface area contributed by atoms with Crippen LogP contribution in [0.3, 0.4) is 0 Å². The lowest BCUT2D eigenvalue weighted by atomic mass is 10.1. The lowest BCUT2D eigenvalue weighted by Gasteiger charge is -2.02. The van der Waals surface area contributed by atoms with Gasteiger partial charge in [0.05, 0.1) is 6.54 Å². The Kier molecular flexibility index (Phi) is 3.34. The highest BCUT2D eigenvalue weighted by molar-refractivity contribution is 5.97. The number of fused-ring (bicyclic) bond motifs is 1. The Labute approximate surface area is 135 Å². The number of aryl methyl sites for hydroxylation is 1. The Morgan fingerprint density at radius 1 is 1.21 bits per heavy atom. The fourth-order valence-corrected chi connectivity index (χ4v) is 2.35. The molecule has 0 aliphatic carbocycles. The van der Waals surface area contributed by atoms with Crippen LogP contribution in [0.1, 0.15) is 22.0 Å². The molecule has 0 saturated carbocycles. The molecule has 4 rings (SSSR count). The number of hydrogen-bond acceptors (Lipinski definition) is 6. The van der Waals surface area contributed by atoms with Crippen molar-refractivity contribution in [3.05, 3.63) is 53.7 Å². The number of aromatic nitrogens is 4. The third-order valence-electron chi connectivity index (χ3n) is 3.54. The van der Waals surface area contributed by atoms with E-state index in [2.05, 4.69) is 25.6 Å². The first-order chi connectivity index (χ1) is 11.7. The van der Waals surface area contributed by atoms with Gasteiger partial charge in [0.25, 0.3) is 5.91 Å². The molecule has 0 saturated heterocycles. The minimum Gasteiger partial charge on any atom is -0.361 e. The number of amides is 1. The molecule has 0 bridgehead atoms. The van der Waals surface area contributed by atoms with Gasteiger partial charge in [-0.15, -0.1) is 0 Å². The van der Waals surface area contributed by atoms with E-state index < -0.39 is 0 Å². The van der Waals surface area contributed by atoms with Crippen LogP contribution in [0.15, 0.2) is 45.6 Å². The summed E-state index contributed by atoms with van der Waals surface area (Å²) in [6, 6.07) is 9.06. The van der Waals surface area contributed by atoms with Crippen molar-refractivity contribution in [2.45, 2.75) is 13.5 Å². The summed E-state index contributed by atoms with van der Waals surface area (Å²) in [5, 5.41) is 11.4. The largest absolute Gasteiger partial charge is 0.361 e. The highest BCUT2D eigenvalue weighted by Crippen LogP contribution is 2.16. The molecule has 0 aliphatic heterocycles. The van der Waals surface area contributed by atoms with Crippen LogP contribution in [0.5, 0.6) is 0 Å². The summed E-state index contributed by atoms with van der Waals surface area (Å²) in [7, 11) is 0.